The van der Waals surface area contributed by atoms with Gasteiger partial charge < -0.3 is 5.32 Å². The fourth-order valence-electron chi connectivity index (χ4n) is 1.52. The lowest BCUT2D eigenvalue weighted by Crippen LogP contribution is -2.05. The first-order valence-electron chi connectivity index (χ1n) is 5.33. The quantitative estimate of drug-likeness (QED) is 0.886. The minimum atomic E-state index is 0.902. The van der Waals surface area contributed by atoms with Crippen LogP contribution in [0.2, 0.25) is 0 Å². The third kappa shape index (κ3) is 3.82. The lowest BCUT2D eigenvalue weighted by atomic mass is 10.2. The van der Waals surface area contributed by atoms with E-state index in [2.05, 4.69) is 48.2 Å². The van der Waals surface area contributed by atoms with Crippen LogP contribution in [0.4, 0.5) is 5.69 Å². The summed E-state index contributed by atoms with van der Waals surface area (Å²) in [7, 11) is 0. The van der Waals surface area contributed by atoms with Crippen LogP contribution in [-0.2, 0) is 6.42 Å². The van der Waals surface area contributed by atoms with Crippen molar-refractivity contribution in [1.82, 2.24) is 4.98 Å². The summed E-state index contributed by atoms with van der Waals surface area (Å²) < 4.78 is 2.16. The van der Waals surface area contributed by atoms with E-state index in [4.69, 9.17) is 0 Å². The van der Waals surface area contributed by atoms with Crippen LogP contribution in [0.3, 0.4) is 0 Å². The Morgan fingerprint density at radius 2 is 1.82 bits per heavy atom. The van der Waals surface area contributed by atoms with Crippen molar-refractivity contribution in [2.24, 2.45) is 0 Å². The van der Waals surface area contributed by atoms with E-state index in [1.807, 2.05) is 36.7 Å². The van der Waals surface area contributed by atoms with Gasteiger partial charge in [0.25, 0.3) is 0 Å². The van der Waals surface area contributed by atoms with Crippen LogP contribution < -0.4 is 5.32 Å². The van der Waals surface area contributed by atoms with Crippen molar-refractivity contribution in [3.8, 4) is 0 Å². The second-order valence-electron chi connectivity index (χ2n) is 3.66. The maximum atomic E-state index is 4.00. The standard InChI is InChI=1S/C13H12Br2N2/c14-11-1-2-12(15)13(9-11)17-8-5-10-3-6-16-7-4-10/h1-4,6-7,9,17H,5,8H2. The summed E-state index contributed by atoms with van der Waals surface area (Å²) in [6.45, 7) is 0.902. The first-order valence-corrected chi connectivity index (χ1v) is 6.92. The molecule has 0 spiro atoms. The van der Waals surface area contributed by atoms with Gasteiger partial charge in [-0.05, 0) is 58.2 Å². The zero-order valence-electron chi connectivity index (χ0n) is 9.16. The molecule has 0 atom stereocenters. The van der Waals surface area contributed by atoms with Crippen molar-refractivity contribution in [2.75, 3.05) is 11.9 Å². The molecule has 0 saturated carbocycles. The summed E-state index contributed by atoms with van der Waals surface area (Å²) in [6.07, 6.45) is 4.64. The van der Waals surface area contributed by atoms with E-state index in [9.17, 15) is 0 Å². The van der Waals surface area contributed by atoms with Crippen LogP contribution in [-0.4, -0.2) is 11.5 Å². The normalized spacial score (nSPS) is 10.2. The third-order valence-corrected chi connectivity index (χ3v) is 3.59. The molecule has 1 aromatic carbocycles. The molecule has 2 rings (SSSR count). The molecule has 2 aromatic rings. The number of anilines is 1. The van der Waals surface area contributed by atoms with Gasteiger partial charge in [0.05, 0.1) is 0 Å². The summed E-state index contributed by atoms with van der Waals surface area (Å²) in [5.41, 5.74) is 2.40. The minimum Gasteiger partial charge on any atom is -0.384 e. The number of aromatic nitrogens is 1. The molecule has 4 heteroatoms. The lowest BCUT2D eigenvalue weighted by Gasteiger charge is -2.09. The molecule has 0 aliphatic rings. The van der Waals surface area contributed by atoms with Crippen LogP contribution in [0.15, 0.2) is 51.7 Å². The van der Waals surface area contributed by atoms with Crippen LogP contribution >= 0.6 is 31.9 Å². The van der Waals surface area contributed by atoms with Gasteiger partial charge in [0, 0.05) is 33.6 Å². The molecule has 0 fully saturated rings. The Kier molecular flexibility index (Phi) is 4.57. The molecule has 88 valence electrons. The highest BCUT2D eigenvalue weighted by Gasteiger charge is 2.00. The fraction of sp³-hybridized carbons (Fsp3) is 0.154. The van der Waals surface area contributed by atoms with Crippen molar-refractivity contribution in [3.05, 3.63) is 57.2 Å². The molecule has 0 unspecified atom stereocenters. The highest BCUT2D eigenvalue weighted by atomic mass is 79.9. The number of benzene rings is 1. The highest BCUT2D eigenvalue weighted by Crippen LogP contribution is 2.25. The predicted molar refractivity (Wildman–Crippen MR) is 78.3 cm³/mol. The van der Waals surface area contributed by atoms with Gasteiger partial charge in [0.1, 0.15) is 0 Å². The van der Waals surface area contributed by atoms with Gasteiger partial charge in [-0.1, -0.05) is 15.9 Å². The van der Waals surface area contributed by atoms with E-state index in [0.29, 0.717) is 0 Å². The van der Waals surface area contributed by atoms with Gasteiger partial charge in [-0.25, -0.2) is 0 Å². The molecule has 1 heterocycles. The number of pyridine rings is 1. The van der Waals surface area contributed by atoms with Crippen molar-refractivity contribution in [3.63, 3.8) is 0 Å². The maximum Gasteiger partial charge on any atom is 0.0496 e. The number of nitrogens with zero attached hydrogens (tertiary/aromatic N) is 1. The molecular formula is C13H12Br2N2. The van der Waals surface area contributed by atoms with Gasteiger partial charge in [-0.3, -0.25) is 4.98 Å². The molecular weight excluding hydrogens is 344 g/mol. The molecule has 1 aromatic heterocycles. The molecule has 1 N–H and O–H groups in total. The van der Waals surface area contributed by atoms with Gasteiger partial charge in [0.2, 0.25) is 0 Å². The van der Waals surface area contributed by atoms with E-state index in [0.717, 1.165) is 27.6 Å². The first-order chi connectivity index (χ1) is 8.25. The Hall–Kier alpha value is -0.870. The van der Waals surface area contributed by atoms with Crippen molar-refractivity contribution >= 4 is 37.5 Å². The van der Waals surface area contributed by atoms with Gasteiger partial charge in [-0.15, -0.1) is 0 Å². The third-order valence-electron chi connectivity index (χ3n) is 2.41. The predicted octanol–water partition coefficient (Wildman–Crippen LogP) is 4.26. The Balaban J connectivity index is 1.92. The summed E-state index contributed by atoms with van der Waals surface area (Å²) in [5.74, 6) is 0. The molecule has 0 saturated heterocycles. The Morgan fingerprint density at radius 1 is 1.06 bits per heavy atom. The summed E-state index contributed by atoms with van der Waals surface area (Å²) >= 11 is 6.99. The molecule has 0 aliphatic carbocycles. The second kappa shape index (κ2) is 6.17. The number of nitrogens with one attached hydrogen (secondary N) is 1. The number of hydrogen-bond acceptors (Lipinski definition) is 2. The summed E-state index contributed by atoms with van der Waals surface area (Å²) in [5, 5.41) is 3.40. The number of rotatable bonds is 4. The second-order valence-corrected chi connectivity index (χ2v) is 5.43. The molecule has 0 bridgehead atoms. The van der Waals surface area contributed by atoms with Crippen LogP contribution in [0.25, 0.3) is 0 Å². The number of hydrogen-bond donors (Lipinski definition) is 1. The molecule has 2 nitrogen and oxygen atoms in total. The fourth-order valence-corrected chi connectivity index (χ4v) is 2.27. The number of halogens is 2. The van der Waals surface area contributed by atoms with Crippen LogP contribution in [0.1, 0.15) is 5.56 Å². The largest absolute Gasteiger partial charge is 0.384 e. The van der Waals surface area contributed by atoms with E-state index >= 15 is 0 Å². The van der Waals surface area contributed by atoms with Crippen LogP contribution in [0, 0.1) is 0 Å². The minimum absolute atomic E-state index is 0.902. The Labute approximate surface area is 118 Å². The van der Waals surface area contributed by atoms with Gasteiger partial charge >= 0.3 is 0 Å². The average molecular weight is 356 g/mol. The molecule has 17 heavy (non-hydrogen) atoms. The monoisotopic (exact) mass is 354 g/mol. The SMILES string of the molecule is Brc1ccc(Br)c(NCCc2ccncc2)c1. The summed E-state index contributed by atoms with van der Waals surface area (Å²) in [4.78, 5) is 4.00. The Bertz CT molecular complexity index is 486. The molecule has 0 aliphatic heterocycles. The van der Waals surface area contributed by atoms with Crippen molar-refractivity contribution in [2.45, 2.75) is 6.42 Å². The smallest absolute Gasteiger partial charge is 0.0496 e. The highest BCUT2D eigenvalue weighted by molar-refractivity contribution is 9.11. The van der Waals surface area contributed by atoms with Crippen molar-refractivity contribution in [1.29, 1.82) is 0 Å². The maximum absolute atomic E-state index is 4.00. The molecule has 0 radical (unpaired) electrons. The lowest BCUT2D eigenvalue weighted by molar-refractivity contribution is 1.01. The van der Waals surface area contributed by atoms with E-state index in [1.54, 1.807) is 0 Å². The zero-order valence-corrected chi connectivity index (χ0v) is 12.3. The average Bonchev–Trinajstić information content (AvgIpc) is 2.35. The van der Waals surface area contributed by atoms with Crippen molar-refractivity contribution < 1.29 is 0 Å². The van der Waals surface area contributed by atoms with Crippen LogP contribution in [0.5, 0.6) is 0 Å². The topological polar surface area (TPSA) is 24.9 Å². The molecule has 0 amide bonds. The van der Waals surface area contributed by atoms with E-state index < -0.39 is 0 Å². The van der Waals surface area contributed by atoms with Gasteiger partial charge in [0.15, 0.2) is 0 Å². The summed E-state index contributed by atoms with van der Waals surface area (Å²) in [6, 6.07) is 10.2. The first kappa shape index (κ1) is 12.6. The van der Waals surface area contributed by atoms with Gasteiger partial charge in [-0.2, -0.15) is 0 Å². The zero-order chi connectivity index (χ0) is 12.1. The Morgan fingerprint density at radius 3 is 2.59 bits per heavy atom. The van der Waals surface area contributed by atoms with E-state index in [-0.39, 0.29) is 0 Å². The van der Waals surface area contributed by atoms with E-state index in [1.165, 1.54) is 5.56 Å².